The molecule has 0 fully saturated rings. The van der Waals surface area contributed by atoms with Crippen LogP contribution in [-0.2, 0) is 17.6 Å². The minimum Gasteiger partial charge on any atom is -0.483 e. The van der Waals surface area contributed by atoms with Crippen LogP contribution in [0.4, 0.5) is 0 Å². The molecule has 0 saturated carbocycles. The van der Waals surface area contributed by atoms with Gasteiger partial charge in [0.25, 0.3) is 0 Å². The van der Waals surface area contributed by atoms with Crippen molar-refractivity contribution >= 4 is 17.4 Å². The van der Waals surface area contributed by atoms with E-state index in [0.29, 0.717) is 0 Å². The lowest BCUT2D eigenvalue weighted by molar-refractivity contribution is -0.122. The first-order chi connectivity index (χ1) is 8.20. The van der Waals surface area contributed by atoms with Gasteiger partial charge in [-0.15, -0.1) is 11.6 Å². The summed E-state index contributed by atoms with van der Waals surface area (Å²) in [7, 11) is 0. The molecule has 0 bridgehead atoms. The summed E-state index contributed by atoms with van der Waals surface area (Å²) in [6.07, 6.45) is 4.33. The highest BCUT2D eigenvalue weighted by molar-refractivity contribution is 6.28. The van der Waals surface area contributed by atoms with Crippen molar-refractivity contribution in [3.05, 3.63) is 29.3 Å². The van der Waals surface area contributed by atoms with Crippen molar-refractivity contribution in [3.63, 3.8) is 0 Å². The standard InChI is InChI=1S/C14H17ClO2/c1-10(14(16)9-15)17-13-7-6-11-4-2-3-5-12(11)8-13/h6-8,10H,2-5,9H2,1H3. The summed E-state index contributed by atoms with van der Waals surface area (Å²) >= 11 is 5.50. The Morgan fingerprint density at radius 2 is 2.06 bits per heavy atom. The molecule has 1 aliphatic carbocycles. The topological polar surface area (TPSA) is 26.3 Å². The fourth-order valence-corrected chi connectivity index (χ4v) is 2.38. The number of benzene rings is 1. The van der Waals surface area contributed by atoms with Gasteiger partial charge in [-0.05, 0) is 55.9 Å². The molecule has 3 heteroatoms. The van der Waals surface area contributed by atoms with Gasteiger partial charge in [0.2, 0.25) is 0 Å². The van der Waals surface area contributed by atoms with Crippen molar-refractivity contribution in [2.45, 2.75) is 38.7 Å². The Labute approximate surface area is 107 Å². The average molecular weight is 253 g/mol. The summed E-state index contributed by atoms with van der Waals surface area (Å²) in [6, 6.07) is 6.12. The zero-order chi connectivity index (χ0) is 12.3. The molecular formula is C14H17ClO2. The van der Waals surface area contributed by atoms with Gasteiger partial charge in [-0.1, -0.05) is 6.07 Å². The monoisotopic (exact) mass is 252 g/mol. The summed E-state index contributed by atoms with van der Waals surface area (Å²) in [6.45, 7) is 1.74. The zero-order valence-electron chi connectivity index (χ0n) is 10.0. The highest BCUT2D eigenvalue weighted by atomic mass is 35.5. The van der Waals surface area contributed by atoms with Gasteiger partial charge >= 0.3 is 0 Å². The maximum absolute atomic E-state index is 11.3. The highest BCUT2D eigenvalue weighted by Crippen LogP contribution is 2.25. The molecule has 0 radical (unpaired) electrons. The van der Waals surface area contributed by atoms with E-state index in [2.05, 4.69) is 12.1 Å². The number of halogens is 1. The van der Waals surface area contributed by atoms with Crippen LogP contribution in [-0.4, -0.2) is 17.8 Å². The third kappa shape index (κ3) is 3.01. The van der Waals surface area contributed by atoms with Gasteiger partial charge in [-0.3, -0.25) is 4.79 Å². The number of ketones is 1. The first-order valence-corrected chi connectivity index (χ1v) is 6.61. The lowest BCUT2D eigenvalue weighted by atomic mass is 9.92. The molecular weight excluding hydrogens is 236 g/mol. The van der Waals surface area contributed by atoms with Gasteiger partial charge in [0.15, 0.2) is 11.9 Å². The second-order valence-corrected chi connectivity index (χ2v) is 4.76. The Morgan fingerprint density at radius 3 is 2.76 bits per heavy atom. The minimum absolute atomic E-state index is 0.00606. The van der Waals surface area contributed by atoms with Crippen LogP contribution >= 0.6 is 11.6 Å². The molecule has 1 unspecified atom stereocenters. The molecule has 17 heavy (non-hydrogen) atoms. The van der Waals surface area contributed by atoms with E-state index in [0.717, 1.165) is 18.6 Å². The summed E-state index contributed by atoms with van der Waals surface area (Å²) in [5.41, 5.74) is 2.78. The number of aryl methyl sites for hydroxylation is 2. The predicted molar refractivity (Wildman–Crippen MR) is 68.9 cm³/mol. The summed E-state index contributed by atoms with van der Waals surface area (Å²) < 4.78 is 5.60. The predicted octanol–water partition coefficient (Wildman–Crippen LogP) is 3.14. The smallest absolute Gasteiger partial charge is 0.187 e. The first kappa shape index (κ1) is 12.4. The zero-order valence-corrected chi connectivity index (χ0v) is 10.8. The van der Waals surface area contributed by atoms with Gasteiger partial charge in [0.1, 0.15) is 5.75 Å². The molecule has 1 atom stereocenters. The molecule has 1 aromatic carbocycles. The Hall–Kier alpha value is -1.02. The molecule has 0 aliphatic heterocycles. The number of hydrogen-bond donors (Lipinski definition) is 0. The quantitative estimate of drug-likeness (QED) is 0.770. The maximum Gasteiger partial charge on any atom is 0.187 e. The van der Waals surface area contributed by atoms with Crippen LogP contribution in [0.25, 0.3) is 0 Å². The van der Waals surface area contributed by atoms with Crippen LogP contribution in [0.1, 0.15) is 30.9 Å². The van der Waals surface area contributed by atoms with Crippen molar-refractivity contribution in [2.24, 2.45) is 0 Å². The largest absolute Gasteiger partial charge is 0.483 e. The Bertz CT molecular complexity index is 415. The number of carbonyl (C=O) groups is 1. The number of Topliss-reactive ketones (excluding diaryl/α,β-unsaturated/α-hetero) is 1. The van der Waals surface area contributed by atoms with Crippen molar-refractivity contribution in [3.8, 4) is 5.75 Å². The van der Waals surface area contributed by atoms with E-state index in [9.17, 15) is 4.79 Å². The van der Waals surface area contributed by atoms with Crippen molar-refractivity contribution in [1.29, 1.82) is 0 Å². The molecule has 92 valence electrons. The molecule has 2 nitrogen and oxygen atoms in total. The molecule has 0 amide bonds. The summed E-state index contributed by atoms with van der Waals surface area (Å²) in [5, 5.41) is 0. The number of ether oxygens (including phenoxy) is 1. The molecule has 0 spiro atoms. The van der Waals surface area contributed by atoms with E-state index in [1.54, 1.807) is 6.92 Å². The van der Waals surface area contributed by atoms with Crippen LogP contribution in [0.3, 0.4) is 0 Å². The van der Waals surface area contributed by atoms with Gasteiger partial charge < -0.3 is 4.74 Å². The summed E-state index contributed by atoms with van der Waals surface area (Å²) in [4.78, 5) is 11.3. The minimum atomic E-state index is -0.464. The second-order valence-electron chi connectivity index (χ2n) is 4.50. The number of carbonyl (C=O) groups excluding carboxylic acids is 1. The third-order valence-corrected chi connectivity index (χ3v) is 3.48. The number of rotatable bonds is 4. The molecule has 1 aliphatic rings. The Morgan fingerprint density at radius 1 is 1.35 bits per heavy atom. The van der Waals surface area contributed by atoms with Crippen molar-refractivity contribution < 1.29 is 9.53 Å². The van der Waals surface area contributed by atoms with E-state index in [-0.39, 0.29) is 11.7 Å². The summed E-state index contributed by atoms with van der Waals surface area (Å²) in [5.74, 6) is 0.701. The molecule has 0 N–H and O–H groups in total. The normalized spacial score (nSPS) is 16.1. The molecule has 0 heterocycles. The molecule has 2 rings (SSSR count). The molecule has 0 aromatic heterocycles. The highest BCUT2D eigenvalue weighted by Gasteiger charge is 2.15. The average Bonchev–Trinajstić information content (AvgIpc) is 2.37. The second kappa shape index (κ2) is 5.54. The maximum atomic E-state index is 11.3. The van der Waals surface area contributed by atoms with E-state index < -0.39 is 6.10 Å². The fourth-order valence-electron chi connectivity index (χ4n) is 2.16. The number of hydrogen-bond acceptors (Lipinski definition) is 2. The van der Waals surface area contributed by atoms with Crippen LogP contribution < -0.4 is 4.74 Å². The number of fused-ring (bicyclic) bond motifs is 1. The lowest BCUT2D eigenvalue weighted by Gasteiger charge is -2.18. The van der Waals surface area contributed by atoms with Crippen LogP contribution in [0, 0.1) is 0 Å². The van der Waals surface area contributed by atoms with E-state index in [1.165, 1.54) is 24.0 Å². The first-order valence-electron chi connectivity index (χ1n) is 6.08. The van der Waals surface area contributed by atoms with E-state index in [4.69, 9.17) is 16.3 Å². The van der Waals surface area contributed by atoms with Crippen molar-refractivity contribution in [1.82, 2.24) is 0 Å². The number of alkyl halides is 1. The fraction of sp³-hybridized carbons (Fsp3) is 0.500. The van der Waals surface area contributed by atoms with Crippen LogP contribution in [0.15, 0.2) is 18.2 Å². The molecule has 0 saturated heterocycles. The van der Waals surface area contributed by atoms with E-state index >= 15 is 0 Å². The van der Waals surface area contributed by atoms with E-state index in [1.807, 2.05) is 6.07 Å². The van der Waals surface area contributed by atoms with Gasteiger partial charge in [-0.25, -0.2) is 0 Å². The Balaban J connectivity index is 2.09. The van der Waals surface area contributed by atoms with Crippen molar-refractivity contribution in [2.75, 3.05) is 5.88 Å². The van der Waals surface area contributed by atoms with Crippen LogP contribution in [0.2, 0.25) is 0 Å². The SMILES string of the molecule is CC(Oc1ccc2c(c1)CCCC2)C(=O)CCl. The van der Waals surface area contributed by atoms with Gasteiger partial charge in [-0.2, -0.15) is 0 Å². The van der Waals surface area contributed by atoms with Crippen LogP contribution in [0.5, 0.6) is 5.75 Å². The third-order valence-electron chi connectivity index (χ3n) is 3.22. The lowest BCUT2D eigenvalue weighted by Crippen LogP contribution is -2.24. The van der Waals surface area contributed by atoms with Gasteiger partial charge in [0, 0.05) is 0 Å². The molecule has 1 aromatic rings. The Kier molecular flexibility index (Phi) is 4.06. The van der Waals surface area contributed by atoms with Gasteiger partial charge in [0.05, 0.1) is 5.88 Å².